The predicted octanol–water partition coefficient (Wildman–Crippen LogP) is 3.56. The molecule has 2 heteroatoms. The first-order valence-corrected chi connectivity index (χ1v) is 5.88. The summed E-state index contributed by atoms with van der Waals surface area (Å²) in [5.74, 6) is 0.900. The third-order valence-corrected chi connectivity index (χ3v) is 3.28. The van der Waals surface area contributed by atoms with Crippen molar-refractivity contribution in [2.45, 2.75) is 33.7 Å². The molecule has 0 saturated carbocycles. The fraction of sp³-hybridized carbons (Fsp3) is 0.333. The lowest BCUT2D eigenvalue weighted by Crippen LogP contribution is -2.15. The van der Waals surface area contributed by atoms with Crippen molar-refractivity contribution in [3.63, 3.8) is 0 Å². The first-order chi connectivity index (χ1) is 8.00. The molecule has 2 rings (SSSR count). The zero-order chi connectivity index (χ0) is 12.6. The van der Waals surface area contributed by atoms with Crippen LogP contribution in [0.5, 0.6) is 0 Å². The summed E-state index contributed by atoms with van der Waals surface area (Å²) in [5, 5.41) is 0. The average molecular weight is 229 g/mol. The molecule has 1 atom stereocenters. The molecule has 1 unspecified atom stereocenters. The van der Waals surface area contributed by atoms with Crippen LogP contribution < -0.4 is 5.73 Å². The maximum absolute atomic E-state index is 6.35. The molecule has 2 nitrogen and oxygen atoms in total. The van der Waals surface area contributed by atoms with Gasteiger partial charge in [0.2, 0.25) is 0 Å². The van der Waals surface area contributed by atoms with Crippen molar-refractivity contribution in [3.05, 3.63) is 58.0 Å². The van der Waals surface area contributed by atoms with Gasteiger partial charge in [0.25, 0.3) is 0 Å². The number of hydrogen-bond acceptors (Lipinski definition) is 2. The molecule has 90 valence electrons. The molecular formula is C15H19NO. The molecule has 0 bridgehead atoms. The Morgan fingerprint density at radius 2 is 1.65 bits per heavy atom. The summed E-state index contributed by atoms with van der Waals surface area (Å²) >= 11 is 0. The second kappa shape index (κ2) is 4.38. The van der Waals surface area contributed by atoms with Crippen LogP contribution in [0.4, 0.5) is 0 Å². The Kier molecular flexibility index (Phi) is 3.07. The van der Waals surface area contributed by atoms with E-state index in [2.05, 4.69) is 32.9 Å². The monoisotopic (exact) mass is 229 g/mol. The van der Waals surface area contributed by atoms with E-state index in [1.807, 2.05) is 13.0 Å². The lowest BCUT2D eigenvalue weighted by atomic mass is 9.91. The van der Waals surface area contributed by atoms with Crippen LogP contribution in [0.2, 0.25) is 0 Å². The summed E-state index contributed by atoms with van der Waals surface area (Å²) in [6.07, 6.45) is 1.70. The summed E-state index contributed by atoms with van der Waals surface area (Å²) in [5.41, 5.74) is 12.4. The summed E-state index contributed by atoms with van der Waals surface area (Å²) in [6.45, 7) is 8.29. The third-order valence-electron chi connectivity index (χ3n) is 3.28. The first kappa shape index (κ1) is 11.9. The molecule has 0 amide bonds. The molecule has 0 aliphatic heterocycles. The Morgan fingerprint density at radius 3 is 2.12 bits per heavy atom. The second-order valence-electron chi connectivity index (χ2n) is 4.72. The van der Waals surface area contributed by atoms with Gasteiger partial charge < -0.3 is 10.2 Å². The van der Waals surface area contributed by atoms with Crippen LogP contribution in [0.25, 0.3) is 0 Å². The zero-order valence-corrected chi connectivity index (χ0v) is 10.9. The zero-order valence-electron chi connectivity index (χ0n) is 10.9. The number of aryl methyl sites for hydroxylation is 4. The van der Waals surface area contributed by atoms with Crippen molar-refractivity contribution in [2.75, 3.05) is 0 Å². The van der Waals surface area contributed by atoms with Crippen molar-refractivity contribution in [2.24, 2.45) is 5.73 Å². The molecule has 0 aliphatic carbocycles. The number of rotatable bonds is 2. The minimum absolute atomic E-state index is 0.102. The quantitative estimate of drug-likeness (QED) is 0.855. The van der Waals surface area contributed by atoms with Crippen molar-refractivity contribution < 1.29 is 4.42 Å². The van der Waals surface area contributed by atoms with Crippen molar-refractivity contribution >= 4 is 0 Å². The number of nitrogens with two attached hydrogens (primary N) is 1. The fourth-order valence-electron chi connectivity index (χ4n) is 2.55. The summed E-state index contributed by atoms with van der Waals surface area (Å²) in [6, 6.07) is 6.21. The van der Waals surface area contributed by atoms with E-state index in [1.54, 1.807) is 6.26 Å². The fourth-order valence-corrected chi connectivity index (χ4v) is 2.55. The van der Waals surface area contributed by atoms with Gasteiger partial charge in [0.1, 0.15) is 5.76 Å². The molecule has 1 aromatic carbocycles. The maximum atomic E-state index is 6.35. The number of benzene rings is 1. The van der Waals surface area contributed by atoms with Crippen molar-refractivity contribution in [1.82, 2.24) is 0 Å². The van der Waals surface area contributed by atoms with Gasteiger partial charge in [0, 0.05) is 5.56 Å². The van der Waals surface area contributed by atoms with E-state index in [-0.39, 0.29) is 6.04 Å². The van der Waals surface area contributed by atoms with Crippen LogP contribution in [0.1, 0.15) is 39.6 Å². The molecule has 0 fully saturated rings. The third kappa shape index (κ3) is 2.13. The Morgan fingerprint density at radius 1 is 1.06 bits per heavy atom. The standard InChI is InChI=1S/C15H19NO/c1-9-7-10(2)14(11(3)8-9)15(16)13-5-6-17-12(13)4/h5-8,15H,16H2,1-4H3. The van der Waals surface area contributed by atoms with Crippen molar-refractivity contribution in [3.8, 4) is 0 Å². The summed E-state index contributed by atoms with van der Waals surface area (Å²) in [7, 11) is 0. The van der Waals surface area contributed by atoms with Gasteiger partial charge in [-0.05, 0) is 50.5 Å². The van der Waals surface area contributed by atoms with Gasteiger partial charge in [-0.1, -0.05) is 17.7 Å². The van der Waals surface area contributed by atoms with Gasteiger partial charge in [0.05, 0.1) is 12.3 Å². The molecular weight excluding hydrogens is 210 g/mol. The molecule has 2 aromatic rings. The molecule has 1 heterocycles. The van der Waals surface area contributed by atoms with E-state index in [0.29, 0.717) is 0 Å². The molecule has 0 radical (unpaired) electrons. The molecule has 0 saturated heterocycles. The molecule has 17 heavy (non-hydrogen) atoms. The van der Waals surface area contributed by atoms with E-state index in [1.165, 1.54) is 22.3 Å². The minimum Gasteiger partial charge on any atom is -0.469 e. The predicted molar refractivity (Wildman–Crippen MR) is 70.1 cm³/mol. The average Bonchev–Trinajstić information content (AvgIpc) is 2.62. The van der Waals surface area contributed by atoms with Gasteiger partial charge in [-0.2, -0.15) is 0 Å². The minimum atomic E-state index is -0.102. The largest absolute Gasteiger partial charge is 0.469 e. The molecule has 1 aromatic heterocycles. The van der Waals surface area contributed by atoms with Crippen LogP contribution in [0.15, 0.2) is 28.9 Å². The van der Waals surface area contributed by atoms with Crippen LogP contribution in [0, 0.1) is 27.7 Å². The van der Waals surface area contributed by atoms with Crippen LogP contribution in [-0.2, 0) is 0 Å². The topological polar surface area (TPSA) is 39.2 Å². The van der Waals surface area contributed by atoms with E-state index < -0.39 is 0 Å². The van der Waals surface area contributed by atoms with Gasteiger partial charge in [-0.3, -0.25) is 0 Å². The highest BCUT2D eigenvalue weighted by atomic mass is 16.3. The molecule has 0 spiro atoms. The van der Waals surface area contributed by atoms with Gasteiger partial charge >= 0.3 is 0 Å². The Labute approximate surface area is 102 Å². The SMILES string of the molecule is Cc1cc(C)c(C(N)c2ccoc2C)c(C)c1. The lowest BCUT2D eigenvalue weighted by molar-refractivity contribution is 0.527. The maximum Gasteiger partial charge on any atom is 0.105 e. The van der Waals surface area contributed by atoms with Crippen molar-refractivity contribution in [1.29, 1.82) is 0 Å². The lowest BCUT2D eigenvalue weighted by Gasteiger charge is -2.18. The Bertz CT molecular complexity index is 517. The van der Waals surface area contributed by atoms with Gasteiger partial charge in [-0.15, -0.1) is 0 Å². The molecule has 2 N–H and O–H groups in total. The highest BCUT2D eigenvalue weighted by molar-refractivity contribution is 5.44. The summed E-state index contributed by atoms with van der Waals surface area (Å²) < 4.78 is 5.33. The molecule has 0 aliphatic rings. The summed E-state index contributed by atoms with van der Waals surface area (Å²) in [4.78, 5) is 0. The smallest absolute Gasteiger partial charge is 0.105 e. The number of furan rings is 1. The van der Waals surface area contributed by atoms with Crippen LogP contribution >= 0.6 is 0 Å². The van der Waals surface area contributed by atoms with Gasteiger partial charge in [0.15, 0.2) is 0 Å². The van der Waals surface area contributed by atoms with E-state index in [0.717, 1.165) is 11.3 Å². The Balaban J connectivity index is 2.51. The van der Waals surface area contributed by atoms with E-state index >= 15 is 0 Å². The Hall–Kier alpha value is -1.54. The normalized spacial score (nSPS) is 12.8. The van der Waals surface area contributed by atoms with E-state index in [4.69, 9.17) is 10.2 Å². The van der Waals surface area contributed by atoms with Crippen LogP contribution in [0.3, 0.4) is 0 Å². The van der Waals surface area contributed by atoms with E-state index in [9.17, 15) is 0 Å². The second-order valence-corrected chi connectivity index (χ2v) is 4.72. The highest BCUT2D eigenvalue weighted by Crippen LogP contribution is 2.29. The van der Waals surface area contributed by atoms with Gasteiger partial charge in [-0.25, -0.2) is 0 Å². The first-order valence-electron chi connectivity index (χ1n) is 5.88. The number of hydrogen-bond donors (Lipinski definition) is 1. The van der Waals surface area contributed by atoms with Crippen LogP contribution in [-0.4, -0.2) is 0 Å². The highest BCUT2D eigenvalue weighted by Gasteiger charge is 2.17.